The van der Waals surface area contributed by atoms with Crippen molar-refractivity contribution in [3.8, 4) is 0 Å². The number of hydrogen-bond donors (Lipinski definition) is 0. The highest BCUT2D eigenvalue weighted by atomic mass is 35.5. The van der Waals surface area contributed by atoms with Gasteiger partial charge in [-0.2, -0.15) is 0 Å². The lowest BCUT2D eigenvalue weighted by molar-refractivity contribution is 0.104. The lowest BCUT2D eigenvalue weighted by atomic mass is 10.2. The van der Waals surface area contributed by atoms with E-state index in [0.29, 0.717) is 10.7 Å². The standard InChI is InChI=1S/C10H11ClN2O/c1-13(2)6-5-10(14)9-4-3-8(11)7-12-9/h3-7H,1-2H3/b6-5+. The Hall–Kier alpha value is -1.35. The molecule has 0 aromatic carbocycles. The van der Waals surface area contributed by atoms with E-state index in [4.69, 9.17) is 11.6 Å². The Balaban J connectivity index is 2.75. The van der Waals surface area contributed by atoms with Gasteiger partial charge < -0.3 is 4.90 Å². The highest BCUT2D eigenvalue weighted by Crippen LogP contribution is 2.06. The second-order valence-electron chi connectivity index (χ2n) is 3.01. The predicted molar refractivity (Wildman–Crippen MR) is 56.4 cm³/mol. The number of rotatable bonds is 3. The maximum absolute atomic E-state index is 11.4. The van der Waals surface area contributed by atoms with Crippen LogP contribution in [0.3, 0.4) is 0 Å². The van der Waals surface area contributed by atoms with Gasteiger partial charge in [-0.1, -0.05) is 11.6 Å². The lowest BCUT2D eigenvalue weighted by Gasteiger charge is -2.02. The minimum absolute atomic E-state index is 0.129. The second-order valence-corrected chi connectivity index (χ2v) is 3.44. The van der Waals surface area contributed by atoms with Crippen LogP contribution in [0.5, 0.6) is 0 Å². The molecule has 1 rings (SSSR count). The zero-order valence-electron chi connectivity index (χ0n) is 8.07. The third-order valence-corrected chi connectivity index (χ3v) is 1.73. The van der Waals surface area contributed by atoms with Crippen molar-refractivity contribution >= 4 is 17.4 Å². The van der Waals surface area contributed by atoms with E-state index in [-0.39, 0.29) is 5.78 Å². The fourth-order valence-corrected chi connectivity index (χ4v) is 0.936. The first-order valence-electron chi connectivity index (χ1n) is 4.10. The van der Waals surface area contributed by atoms with Crippen molar-refractivity contribution in [1.29, 1.82) is 0 Å². The minimum atomic E-state index is -0.129. The summed E-state index contributed by atoms with van der Waals surface area (Å²) in [4.78, 5) is 17.1. The summed E-state index contributed by atoms with van der Waals surface area (Å²) in [7, 11) is 3.69. The van der Waals surface area contributed by atoms with Gasteiger partial charge in [0.2, 0.25) is 5.78 Å². The summed E-state index contributed by atoms with van der Waals surface area (Å²) in [6, 6.07) is 3.25. The van der Waals surface area contributed by atoms with Gasteiger partial charge in [0, 0.05) is 32.6 Å². The van der Waals surface area contributed by atoms with Gasteiger partial charge in [-0.25, -0.2) is 0 Å². The number of ketones is 1. The van der Waals surface area contributed by atoms with E-state index in [1.54, 1.807) is 23.2 Å². The Morgan fingerprint density at radius 2 is 2.21 bits per heavy atom. The van der Waals surface area contributed by atoms with Gasteiger partial charge in [0.15, 0.2) is 0 Å². The molecule has 4 heteroatoms. The molecule has 0 saturated heterocycles. The molecule has 0 spiro atoms. The number of pyridine rings is 1. The summed E-state index contributed by atoms with van der Waals surface area (Å²) < 4.78 is 0. The van der Waals surface area contributed by atoms with Crippen LogP contribution >= 0.6 is 11.6 Å². The van der Waals surface area contributed by atoms with Gasteiger partial charge in [0.1, 0.15) is 5.69 Å². The highest BCUT2D eigenvalue weighted by molar-refractivity contribution is 6.30. The Kier molecular flexibility index (Phi) is 3.65. The van der Waals surface area contributed by atoms with E-state index >= 15 is 0 Å². The molecule has 0 saturated carbocycles. The molecule has 0 aliphatic carbocycles. The van der Waals surface area contributed by atoms with E-state index in [1.807, 2.05) is 14.1 Å². The van der Waals surface area contributed by atoms with Crippen molar-refractivity contribution in [2.45, 2.75) is 0 Å². The van der Waals surface area contributed by atoms with Crippen LogP contribution in [0.2, 0.25) is 5.02 Å². The molecule has 0 radical (unpaired) electrons. The largest absolute Gasteiger partial charge is 0.383 e. The van der Waals surface area contributed by atoms with E-state index in [1.165, 1.54) is 12.3 Å². The molecular weight excluding hydrogens is 200 g/mol. The first kappa shape index (κ1) is 10.7. The molecule has 1 aromatic rings. The quantitative estimate of drug-likeness (QED) is 0.565. The smallest absolute Gasteiger partial charge is 0.205 e. The van der Waals surface area contributed by atoms with Crippen molar-refractivity contribution < 1.29 is 4.79 Å². The summed E-state index contributed by atoms with van der Waals surface area (Å²) in [5.41, 5.74) is 0.396. The van der Waals surface area contributed by atoms with E-state index in [9.17, 15) is 4.79 Å². The Morgan fingerprint density at radius 1 is 1.50 bits per heavy atom. The average molecular weight is 211 g/mol. The SMILES string of the molecule is CN(C)/C=C/C(=O)c1ccc(Cl)cn1. The summed E-state index contributed by atoms with van der Waals surface area (Å²) in [6.45, 7) is 0. The van der Waals surface area contributed by atoms with Crippen LogP contribution < -0.4 is 0 Å². The molecule has 0 unspecified atom stereocenters. The van der Waals surface area contributed by atoms with Crippen LogP contribution in [0, 0.1) is 0 Å². The summed E-state index contributed by atoms with van der Waals surface area (Å²) in [5.74, 6) is -0.129. The monoisotopic (exact) mass is 210 g/mol. The van der Waals surface area contributed by atoms with Gasteiger partial charge in [-0.15, -0.1) is 0 Å². The molecule has 0 amide bonds. The molecule has 0 aliphatic heterocycles. The third-order valence-electron chi connectivity index (χ3n) is 1.50. The Labute approximate surface area is 88.0 Å². The minimum Gasteiger partial charge on any atom is -0.383 e. The zero-order chi connectivity index (χ0) is 10.6. The molecule has 1 heterocycles. The maximum Gasteiger partial charge on any atom is 0.205 e. The van der Waals surface area contributed by atoms with Gasteiger partial charge in [-0.3, -0.25) is 9.78 Å². The van der Waals surface area contributed by atoms with Gasteiger partial charge in [0.25, 0.3) is 0 Å². The van der Waals surface area contributed by atoms with E-state index < -0.39 is 0 Å². The second kappa shape index (κ2) is 4.77. The van der Waals surface area contributed by atoms with Crippen LogP contribution in [-0.2, 0) is 0 Å². The van der Waals surface area contributed by atoms with E-state index in [2.05, 4.69) is 4.98 Å². The normalized spacial score (nSPS) is 10.5. The molecule has 0 N–H and O–H groups in total. The lowest BCUT2D eigenvalue weighted by Crippen LogP contribution is -2.04. The van der Waals surface area contributed by atoms with Gasteiger partial charge in [-0.05, 0) is 12.1 Å². The van der Waals surface area contributed by atoms with Gasteiger partial charge >= 0.3 is 0 Å². The first-order valence-corrected chi connectivity index (χ1v) is 4.48. The number of carbonyl (C=O) groups excluding carboxylic acids is 1. The maximum atomic E-state index is 11.4. The van der Waals surface area contributed by atoms with Crippen molar-refractivity contribution in [3.63, 3.8) is 0 Å². The van der Waals surface area contributed by atoms with Crippen LogP contribution in [0.15, 0.2) is 30.6 Å². The zero-order valence-corrected chi connectivity index (χ0v) is 8.82. The Morgan fingerprint density at radius 3 is 2.71 bits per heavy atom. The molecule has 3 nitrogen and oxygen atoms in total. The molecule has 0 fully saturated rings. The van der Waals surface area contributed by atoms with Crippen molar-refractivity contribution in [2.75, 3.05) is 14.1 Å². The molecule has 14 heavy (non-hydrogen) atoms. The average Bonchev–Trinajstić information content (AvgIpc) is 2.15. The molecule has 0 atom stereocenters. The molecule has 0 bridgehead atoms. The molecule has 1 aromatic heterocycles. The Bertz CT molecular complexity index is 344. The first-order chi connectivity index (χ1) is 6.59. The molecular formula is C10H11ClN2O. The fourth-order valence-electron chi connectivity index (χ4n) is 0.824. The van der Waals surface area contributed by atoms with Crippen LogP contribution in [-0.4, -0.2) is 29.8 Å². The van der Waals surface area contributed by atoms with E-state index in [0.717, 1.165) is 0 Å². The number of halogens is 1. The third kappa shape index (κ3) is 3.18. The van der Waals surface area contributed by atoms with Crippen molar-refractivity contribution in [3.05, 3.63) is 41.3 Å². The fraction of sp³-hybridized carbons (Fsp3) is 0.200. The van der Waals surface area contributed by atoms with Crippen LogP contribution in [0.1, 0.15) is 10.5 Å². The van der Waals surface area contributed by atoms with Crippen LogP contribution in [0.4, 0.5) is 0 Å². The number of hydrogen-bond acceptors (Lipinski definition) is 3. The summed E-state index contributed by atoms with van der Waals surface area (Å²) in [5, 5.41) is 0.526. The number of allylic oxidation sites excluding steroid dienone is 1. The van der Waals surface area contributed by atoms with Crippen molar-refractivity contribution in [1.82, 2.24) is 9.88 Å². The predicted octanol–water partition coefficient (Wildman–Crippen LogP) is 1.99. The number of carbonyl (C=O) groups is 1. The van der Waals surface area contributed by atoms with Gasteiger partial charge in [0.05, 0.1) is 5.02 Å². The highest BCUT2D eigenvalue weighted by Gasteiger charge is 2.02. The molecule has 0 aliphatic rings. The van der Waals surface area contributed by atoms with Crippen LogP contribution in [0.25, 0.3) is 0 Å². The number of aromatic nitrogens is 1. The summed E-state index contributed by atoms with van der Waals surface area (Å²) in [6.07, 6.45) is 4.60. The number of nitrogens with zero attached hydrogens (tertiary/aromatic N) is 2. The summed E-state index contributed by atoms with van der Waals surface area (Å²) >= 11 is 5.64. The molecule has 74 valence electrons. The topological polar surface area (TPSA) is 33.2 Å². The van der Waals surface area contributed by atoms with Crippen molar-refractivity contribution in [2.24, 2.45) is 0 Å².